The summed E-state index contributed by atoms with van der Waals surface area (Å²) in [7, 11) is 2.11. The van der Waals surface area contributed by atoms with Crippen LogP contribution in [0.15, 0.2) is 0 Å². The van der Waals surface area contributed by atoms with Crippen LogP contribution in [0.25, 0.3) is 0 Å². The molecule has 5 fully saturated rings. The van der Waals surface area contributed by atoms with Crippen LogP contribution in [-0.4, -0.2) is 37.0 Å². The van der Waals surface area contributed by atoms with Crippen molar-refractivity contribution >= 4 is 18.3 Å². The van der Waals surface area contributed by atoms with Gasteiger partial charge in [-0.15, -0.1) is 12.4 Å². The van der Waals surface area contributed by atoms with Gasteiger partial charge in [0.25, 0.3) is 0 Å². The molecule has 0 unspecified atom stereocenters. The minimum Gasteiger partial charge on any atom is -0.342 e. The van der Waals surface area contributed by atoms with E-state index in [0.29, 0.717) is 17.9 Å². The number of halogens is 1. The molecule has 0 radical (unpaired) electrons. The lowest BCUT2D eigenvalue weighted by Gasteiger charge is -2.57. The van der Waals surface area contributed by atoms with Crippen LogP contribution in [0.4, 0.5) is 0 Å². The van der Waals surface area contributed by atoms with Crippen LogP contribution in [0, 0.1) is 29.6 Å². The normalized spacial score (nSPS) is 41.7. The van der Waals surface area contributed by atoms with Gasteiger partial charge in [0.05, 0.1) is 0 Å². The molecule has 0 atom stereocenters. The van der Waals surface area contributed by atoms with E-state index in [0.717, 1.165) is 49.6 Å². The maximum absolute atomic E-state index is 12.8. The average molecular weight is 313 g/mol. The second kappa shape index (κ2) is 6.08. The zero-order valence-electron chi connectivity index (χ0n) is 13.1. The van der Waals surface area contributed by atoms with Crippen molar-refractivity contribution in [3.8, 4) is 0 Å². The lowest BCUT2D eigenvalue weighted by atomic mass is 9.54. The van der Waals surface area contributed by atoms with Gasteiger partial charge in [-0.05, 0) is 81.7 Å². The van der Waals surface area contributed by atoms with E-state index < -0.39 is 0 Å². The topological polar surface area (TPSA) is 32.3 Å². The molecule has 1 aliphatic heterocycles. The van der Waals surface area contributed by atoms with Gasteiger partial charge in [-0.2, -0.15) is 0 Å². The van der Waals surface area contributed by atoms with Gasteiger partial charge in [-0.25, -0.2) is 0 Å². The van der Waals surface area contributed by atoms with E-state index in [4.69, 9.17) is 0 Å². The number of nitrogens with one attached hydrogen (secondary N) is 1. The minimum absolute atomic E-state index is 0. The molecule has 4 aliphatic carbocycles. The monoisotopic (exact) mass is 312 g/mol. The SMILES string of the molecule is CN(C(=O)C1CCNCC1)C1C2CC3CC(C2)CC1C3.Cl. The van der Waals surface area contributed by atoms with Crippen molar-refractivity contribution in [3.63, 3.8) is 0 Å². The Labute approximate surface area is 134 Å². The summed E-state index contributed by atoms with van der Waals surface area (Å²) in [6, 6.07) is 0.574. The van der Waals surface area contributed by atoms with Gasteiger partial charge in [-0.3, -0.25) is 4.79 Å². The molecule has 1 amide bonds. The quantitative estimate of drug-likeness (QED) is 0.850. The zero-order chi connectivity index (χ0) is 13.7. The lowest BCUT2D eigenvalue weighted by molar-refractivity contribution is -0.146. The number of hydrogen-bond acceptors (Lipinski definition) is 2. The molecule has 1 heterocycles. The van der Waals surface area contributed by atoms with Gasteiger partial charge in [0.2, 0.25) is 5.91 Å². The van der Waals surface area contributed by atoms with Crippen LogP contribution < -0.4 is 5.32 Å². The highest BCUT2D eigenvalue weighted by atomic mass is 35.5. The summed E-state index contributed by atoms with van der Waals surface area (Å²) >= 11 is 0. The molecule has 5 rings (SSSR count). The molecular formula is C17H29ClN2O. The number of hydrogen-bond donors (Lipinski definition) is 1. The third kappa shape index (κ3) is 2.72. The fourth-order valence-corrected chi connectivity index (χ4v) is 6.03. The van der Waals surface area contributed by atoms with Gasteiger partial charge in [-0.1, -0.05) is 0 Å². The average Bonchev–Trinajstić information content (AvgIpc) is 2.46. The second-order valence-corrected chi connectivity index (χ2v) is 7.89. The molecule has 0 aromatic carbocycles. The predicted molar refractivity (Wildman–Crippen MR) is 86.4 cm³/mol. The largest absolute Gasteiger partial charge is 0.342 e. The summed E-state index contributed by atoms with van der Waals surface area (Å²) < 4.78 is 0. The van der Waals surface area contributed by atoms with Crippen LogP contribution in [0.1, 0.15) is 44.9 Å². The summed E-state index contributed by atoms with van der Waals surface area (Å²) in [4.78, 5) is 15.0. The Bertz CT molecular complexity index is 366. The highest BCUT2D eigenvalue weighted by Crippen LogP contribution is 2.55. The van der Waals surface area contributed by atoms with Crippen molar-refractivity contribution in [1.29, 1.82) is 0 Å². The van der Waals surface area contributed by atoms with E-state index in [1.807, 2.05) is 0 Å². The first-order valence-electron chi connectivity index (χ1n) is 8.69. The van der Waals surface area contributed by atoms with Crippen molar-refractivity contribution in [2.45, 2.75) is 51.0 Å². The van der Waals surface area contributed by atoms with E-state index in [2.05, 4.69) is 17.3 Å². The van der Waals surface area contributed by atoms with Crippen LogP contribution in [0.2, 0.25) is 0 Å². The summed E-state index contributed by atoms with van der Waals surface area (Å²) in [6.45, 7) is 2.04. The fraction of sp³-hybridized carbons (Fsp3) is 0.941. The Morgan fingerprint density at radius 1 is 0.952 bits per heavy atom. The Morgan fingerprint density at radius 2 is 1.48 bits per heavy atom. The van der Waals surface area contributed by atoms with Gasteiger partial charge in [0.1, 0.15) is 0 Å². The molecule has 1 saturated heterocycles. The molecule has 5 aliphatic rings. The Morgan fingerprint density at radius 3 is 2.00 bits per heavy atom. The van der Waals surface area contributed by atoms with Crippen LogP contribution >= 0.6 is 12.4 Å². The van der Waals surface area contributed by atoms with Crippen LogP contribution in [-0.2, 0) is 4.79 Å². The molecule has 4 saturated carbocycles. The first kappa shape index (κ1) is 15.6. The number of carbonyl (C=O) groups is 1. The van der Waals surface area contributed by atoms with Crippen LogP contribution in [0.5, 0.6) is 0 Å². The molecule has 0 spiro atoms. The maximum Gasteiger partial charge on any atom is 0.225 e. The third-order valence-electron chi connectivity index (χ3n) is 6.66. The summed E-state index contributed by atoms with van der Waals surface area (Å²) in [5.74, 6) is 4.37. The van der Waals surface area contributed by atoms with Gasteiger partial charge in [0.15, 0.2) is 0 Å². The first-order chi connectivity index (χ1) is 9.72. The van der Waals surface area contributed by atoms with E-state index >= 15 is 0 Å². The number of rotatable bonds is 2. The Balaban J connectivity index is 0.00000132. The van der Waals surface area contributed by atoms with Crippen molar-refractivity contribution in [3.05, 3.63) is 0 Å². The highest BCUT2D eigenvalue weighted by Gasteiger charge is 2.50. The van der Waals surface area contributed by atoms with Crippen molar-refractivity contribution < 1.29 is 4.79 Å². The Kier molecular flexibility index (Phi) is 4.52. The first-order valence-corrected chi connectivity index (χ1v) is 8.69. The fourth-order valence-electron chi connectivity index (χ4n) is 6.03. The Hall–Kier alpha value is -0.280. The zero-order valence-corrected chi connectivity index (χ0v) is 13.9. The predicted octanol–water partition coefficient (Wildman–Crippen LogP) is 2.69. The van der Waals surface area contributed by atoms with E-state index in [-0.39, 0.29) is 12.4 Å². The van der Waals surface area contributed by atoms with Gasteiger partial charge >= 0.3 is 0 Å². The molecule has 4 heteroatoms. The standard InChI is InChI=1S/C17H28N2O.ClH/c1-19(17(20)13-2-4-18-5-3-13)16-14-7-11-6-12(9-14)10-15(16)8-11;/h11-16,18H,2-10H2,1H3;1H. The molecule has 21 heavy (non-hydrogen) atoms. The van der Waals surface area contributed by atoms with Gasteiger partial charge < -0.3 is 10.2 Å². The number of carbonyl (C=O) groups excluding carboxylic acids is 1. The van der Waals surface area contributed by atoms with Crippen molar-refractivity contribution in [2.75, 3.05) is 20.1 Å². The van der Waals surface area contributed by atoms with Gasteiger partial charge in [0, 0.05) is 19.0 Å². The molecule has 120 valence electrons. The lowest BCUT2D eigenvalue weighted by Crippen LogP contribution is -2.57. The third-order valence-corrected chi connectivity index (χ3v) is 6.66. The molecule has 3 nitrogen and oxygen atoms in total. The van der Waals surface area contributed by atoms with E-state index in [1.165, 1.54) is 32.1 Å². The molecule has 0 aromatic rings. The summed E-state index contributed by atoms with van der Waals surface area (Å²) in [5.41, 5.74) is 0. The summed E-state index contributed by atoms with van der Waals surface area (Å²) in [5, 5.41) is 3.37. The number of piperidine rings is 1. The second-order valence-electron chi connectivity index (χ2n) is 7.89. The number of amides is 1. The van der Waals surface area contributed by atoms with Crippen molar-refractivity contribution in [2.24, 2.45) is 29.6 Å². The molecule has 0 aromatic heterocycles. The number of nitrogens with zero attached hydrogens (tertiary/aromatic N) is 1. The van der Waals surface area contributed by atoms with Crippen LogP contribution in [0.3, 0.4) is 0 Å². The van der Waals surface area contributed by atoms with E-state index in [9.17, 15) is 4.79 Å². The van der Waals surface area contributed by atoms with E-state index in [1.54, 1.807) is 0 Å². The molecule has 1 N–H and O–H groups in total. The molecular weight excluding hydrogens is 284 g/mol. The minimum atomic E-state index is 0. The summed E-state index contributed by atoms with van der Waals surface area (Å²) in [6.07, 6.45) is 9.19. The molecule has 4 bridgehead atoms. The highest BCUT2D eigenvalue weighted by molar-refractivity contribution is 5.85. The van der Waals surface area contributed by atoms with Crippen molar-refractivity contribution in [1.82, 2.24) is 10.2 Å². The smallest absolute Gasteiger partial charge is 0.225 e. The maximum atomic E-state index is 12.8.